The first kappa shape index (κ1) is 40.0. The SMILES string of the molecule is CCCCCF.CF.FCC(F)(F)F.FCF.FCOF.O=S(=O)([O-])F. The molecule has 0 unspecified atom stereocenters. The number of halogens is 11. The van der Waals surface area contributed by atoms with E-state index in [2.05, 4.69) is 11.9 Å². The second-order valence-electron chi connectivity index (χ2n) is 2.86. The van der Waals surface area contributed by atoms with Gasteiger partial charge in [-0.25, -0.2) is 26.0 Å². The van der Waals surface area contributed by atoms with Gasteiger partial charge in [0.25, 0.3) is 10.5 Å². The molecule has 0 aliphatic carbocycles. The van der Waals surface area contributed by atoms with Gasteiger partial charge in [-0.05, 0) is 10.9 Å². The Labute approximate surface area is 144 Å². The number of alkyl halides is 9. The van der Waals surface area contributed by atoms with Crippen molar-refractivity contribution in [1.29, 1.82) is 0 Å². The van der Waals surface area contributed by atoms with E-state index >= 15 is 0 Å². The van der Waals surface area contributed by atoms with Crippen LogP contribution in [0.25, 0.3) is 0 Å². The summed E-state index contributed by atoms with van der Waals surface area (Å²) in [4.78, 5) is 2.38. The Kier molecular flexibility index (Phi) is 54.2. The van der Waals surface area contributed by atoms with Crippen LogP contribution in [-0.4, -0.2) is 53.5 Å². The van der Waals surface area contributed by atoms with Crippen molar-refractivity contribution in [2.45, 2.75) is 32.4 Å². The van der Waals surface area contributed by atoms with Gasteiger partial charge in [0.05, 0.1) is 13.9 Å². The first-order chi connectivity index (χ1) is 11.8. The predicted molar refractivity (Wildman–Crippen MR) is 70.6 cm³/mol. The van der Waals surface area contributed by atoms with Crippen molar-refractivity contribution in [2.75, 3.05) is 34.3 Å². The maximum Gasteiger partial charge on any atom is 0.416 e. The van der Waals surface area contributed by atoms with E-state index in [0.717, 1.165) is 19.3 Å². The molecule has 168 valence electrons. The van der Waals surface area contributed by atoms with E-state index < -0.39 is 37.1 Å². The zero-order chi connectivity index (χ0) is 22.7. The number of hydrogen-bond donors (Lipinski definition) is 0. The average molecular weight is 445 g/mol. The van der Waals surface area contributed by atoms with Crippen molar-refractivity contribution in [2.24, 2.45) is 0 Å². The minimum absolute atomic E-state index is 0.145. The summed E-state index contributed by atoms with van der Waals surface area (Å²) in [6.45, 7) is -3.41. The summed E-state index contributed by atoms with van der Waals surface area (Å²) in [5, 5.41) is 0. The Hall–Kier alpha value is -0.900. The lowest BCUT2D eigenvalue weighted by atomic mass is 10.3. The van der Waals surface area contributed by atoms with Crippen LogP contribution in [0.3, 0.4) is 0 Å². The Morgan fingerprint density at radius 3 is 1.23 bits per heavy atom. The molecule has 0 amide bonds. The monoisotopic (exact) mass is 445 g/mol. The molecule has 0 aromatic heterocycles. The van der Waals surface area contributed by atoms with E-state index in [-0.39, 0.29) is 6.67 Å². The van der Waals surface area contributed by atoms with E-state index in [4.69, 9.17) is 13.0 Å². The molecule has 0 heterocycles. The zero-order valence-corrected chi connectivity index (χ0v) is 14.5. The topological polar surface area (TPSA) is 66.4 Å². The molecular formula is C10H20F11O4S-. The third-order valence-corrected chi connectivity index (χ3v) is 0.930. The molecule has 0 N–H and O–H groups in total. The molecule has 0 fully saturated rings. The third-order valence-electron chi connectivity index (χ3n) is 0.930. The van der Waals surface area contributed by atoms with Crippen LogP contribution in [0.5, 0.6) is 0 Å². The summed E-state index contributed by atoms with van der Waals surface area (Å²) in [6.07, 6.45) is -1.73. The van der Waals surface area contributed by atoms with Crippen molar-refractivity contribution in [3.8, 4) is 0 Å². The first-order valence-electron chi connectivity index (χ1n) is 5.94. The standard InChI is InChI=1S/C5H11F.C2H2F4.CH2F2O.CH2F2.CH3F.FHO3S/c1-2-3-4-5-6;3-1-2(4,5)6;2-1-4-3;2-1-3;1-2;1-5(2,3)4/h2-5H2,1H3;1H2;1H2;1H2;1H3;(H,2,3,4)/p-1. The lowest BCUT2D eigenvalue weighted by Crippen LogP contribution is -2.08. The lowest BCUT2D eigenvalue weighted by Gasteiger charge is -1.93. The molecule has 0 saturated carbocycles. The molecule has 0 spiro atoms. The van der Waals surface area contributed by atoms with E-state index in [1.807, 2.05) is 0 Å². The van der Waals surface area contributed by atoms with E-state index in [0.29, 0.717) is 7.18 Å². The fourth-order valence-electron chi connectivity index (χ4n) is 0.344. The normalized spacial score (nSPS) is 9.15. The highest BCUT2D eigenvalue weighted by atomic mass is 32.3. The molecule has 0 radical (unpaired) electrons. The molecule has 0 aliphatic rings. The van der Waals surface area contributed by atoms with Gasteiger partial charge in [0, 0.05) is 0 Å². The minimum atomic E-state index is -5.42. The Morgan fingerprint density at radius 1 is 0.962 bits per heavy atom. The van der Waals surface area contributed by atoms with Gasteiger partial charge >= 0.3 is 6.18 Å². The summed E-state index contributed by atoms with van der Waals surface area (Å²) < 4.78 is 137. The number of rotatable bonds is 4. The fourth-order valence-corrected chi connectivity index (χ4v) is 0.344. The predicted octanol–water partition coefficient (Wildman–Crippen LogP) is 5.36. The molecule has 0 rings (SSSR count). The Bertz CT molecular complexity index is 275. The quantitative estimate of drug-likeness (QED) is 0.253. The van der Waals surface area contributed by atoms with Crippen molar-refractivity contribution in [3.05, 3.63) is 0 Å². The Morgan fingerprint density at radius 2 is 1.19 bits per heavy atom. The van der Waals surface area contributed by atoms with Crippen LogP contribution in [0, 0.1) is 0 Å². The number of unbranched alkanes of at least 4 members (excludes halogenated alkanes) is 2. The van der Waals surface area contributed by atoms with Gasteiger partial charge in [-0.2, -0.15) is 18.1 Å². The molecule has 0 atom stereocenters. The molecule has 0 saturated heterocycles. The molecule has 0 aliphatic heterocycles. The van der Waals surface area contributed by atoms with Crippen LogP contribution in [0.1, 0.15) is 26.2 Å². The highest BCUT2D eigenvalue weighted by Gasteiger charge is 2.26. The minimum Gasteiger partial charge on any atom is -0.722 e. The zero-order valence-electron chi connectivity index (χ0n) is 13.6. The molecule has 16 heteroatoms. The molecule has 0 aromatic carbocycles. The Balaban J connectivity index is -0.0000000478. The smallest absolute Gasteiger partial charge is 0.416 e. The summed E-state index contributed by atoms with van der Waals surface area (Å²) in [5.74, 6) is 0. The second-order valence-corrected chi connectivity index (χ2v) is 3.64. The van der Waals surface area contributed by atoms with Crippen LogP contribution in [0.2, 0.25) is 0 Å². The van der Waals surface area contributed by atoms with Crippen LogP contribution < -0.4 is 0 Å². The maximum absolute atomic E-state index is 11.2. The van der Waals surface area contributed by atoms with Crippen LogP contribution in [-0.2, 0) is 15.4 Å². The average Bonchev–Trinajstić information content (AvgIpc) is 2.54. The van der Waals surface area contributed by atoms with E-state index in [9.17, 15) is 47.9 Å². The molecule has 0 aromatic rings. The second kappa shape index (κ2) is 35.3. The summed E-state index contributed by atoms with van der Waals surface area (Å²) in [5.41, 5.74) is 0. The van der Waals surface area contributed by atoms with Gasteiger partial charge in [0.1, 0.15) is 0 Å². The maximum atomic E-state index is 11.2. The van der Waals surface area contributed by atoms with Gasteiger partial charge < -0.3 is 4.55 Å². The van der Waals surface area contributed by atoms with Gasteiger partial charge in [-0.1, -0.05) is 19.8 Å². The van der Waals surface area contributed by atoms with Crippen molar-refractivity contribution in [1.82, 2.24) is 0 Å². The molecular weight excluding hydrogens is 425 g/mol. The summed E-state index contributed by atoms with van der Waals surface area (Å²) in [6, 6.07) is 0. The van der Waals surface area contributed by atoms with Crippen LogP contribution in [0.15, 0.2) is 0 Å². The van der Waals surface area contributed by atoms with Crippen molar-refractivity contribution >= 4 is 10.5 Å². The molecule has 4 nitrogen and oxygen atoms in total. The van der Waals surface area contributed by atoms with Gasteiger partial charge in [0.15, 0.2) is 6.67 Å². The highest BCUT2D eigenvalue weighted by Crippen LogP contribution is 2.13. The van der Waals surface area contributed by atoms with Crippen LogP contribution >= 0.6 is 0 Å². The first-order valence-corrected chi connectivity index (χ1v) is 7.25. The third kappa shape index (κ3) is 303. The van der Waals surface area contributed by atoms with Crippen LogP contribution in [0.4, 0.5) is 47.9 Å². The van der Waals surface area contributed by atoms with Crippen molar-refractivity contribution < 1.29 is 65.8 Å². The van der Waals surface area contributed by atoms with Crippen molar-refractivity contribution in [3.63, 3.8) is 0 Å². The number of hydrogen-bond acceptors (Lipinski definition) is 4. The largest absolute Gasteiger partial charge is 0.722 e. The lowest BCUT2D eigenvalue weighted by molar-refractivity contribution is -0.167. The van der Waals surface area contributed by atoms with Gasteiger partial charge in [0.2, 0.25) is 13.8 Å². The molecule has 26 heavy (non-hydrogen) atoms. The summed E-state index contributed by atoms with van der Waals surface area (Å²) in [7, 11) is -4.92. The van der Waals surface area contributed by atoms with Gasteiger partial charge in [-0.15, -0.1) is 3.89 Å². The summed E-state index contributed by atoms with van der Waals surface area (Å²) >= 11 is 0. The van der Waals surface area contributed by atoms with E-state index in [1.165, 1.54) is 0 Å². The molecule has 0 bridgehead atoms. The highest BCUT2D eigenvalue weighted by molar-refractivity contribution is 7.80. The van der Waals surface area contributed by atoms with E-state index in [1.54, 1.807) is 0 Å². The van der Waals surface area contributed by atoms with Gasteiger partial charge in [-0.3, -0.25) is 8.78 Å². The fraction of sp³-hybridized carbons (Fsp3) is 1.00.